The number of sulfone groups is 1. The van der Waals surface area contributed by atoms with Crippen molar-refractivity contribution in [2.45, 2.75) is 18.7 Å². The van der Waals surface area contributed by atoms with E-state index in [9.17, 15) is 13.2 Å². The van der Waals surface area contributed by atoms with Gasteiger partial charge in [0.2, 0.25) is 0 Å². The number of benzene rings is 3. The largest absolute Gasteiger partial charge is 0.370 e. The number of nitrogens with one attached hydrogen (secondary N) is 1. The quantitative estimate of drug-likeness (QED) is 0.329. The molecule has 0 aliphatic heterocycles. The van der Waals surface area contributed by atoms with E-state index in [1.54, 1.807) is 6.07 Å². The summed E-state index contributed by atoms with van der Waals surface area (Å²) in [5.74, 6) is -0.428. The monoisotopic (exact) mass is 507 g/mol. The van der Waals surface area contributed by atoms with E-state index in [2.05, 4.69) is 36.2 Å². The first-order valence-electron chi connectivity index (χ1n) is 11.3. The van der Waals surface area contributed by atoms with Gasteiger partial charge in [0.15, 0.2) is 9.84 Å². The highest BCUT2D eigenvalue weighted by atomic mass is 35.5. The van der Waals surface area contributed by atoms with Crippen molar-refractivity contribution >= 4 is 49.6 Å². The maximum absolute atomic E-state index is 12.9. The Kier molecular flexibility index (Phi) is 7.10. The molecule has 0 fully saturated rings. The minimum absolute atomic E-state index is 0.0624. The lowest BCUT2D eigenvalue weighted by Crippen LogP contribution is -2.23. The Morgan fingerprint density at radius 3 is 2.40 bits per heavy atom. The van der Waals surface area contributed by atoms with Crippen LogP contribution in [0.3, 0.4) is 0 Å². The summed E-state index contributed by atoms with van der Waals surface area (Å²) in [6.45, 7) is 5.89. The Morgan fingerprint density at radius 2 is 1.71 bits per heavy atom. The Hall–Kier alpha value is -3.42. The third-order valence-corrected chi connectivity index (χ3v) is 7.24. The number of para-hydroxylation sites is 1. The molecule has 0 saturated heterocycles. The van der Waals surface area contributed by atoms with Crippen LogP contribution in [-0.2, 0) is 9.84 Å². The fourth-order valence-electron chi connectivity index (χ4n) is 3.98. The zero-order valence-corrected chi connectivity index (χ0v) is 21.3. The first-order valence-corrected chi connectivity index (χ1v) is 13.5. The van der Waals surface area contributed by atoms with E-state index in [0.29, 0.717) is 5.69 Å². The van der Waals surface area contributed by atoms with E-state index < -0.39 is 15.7 Å². The summed E-state index contributed by atoms with van der Waals surface area (Å²) < 4.78 is 23.5. The summed E-state index contributed by atoms with van der Waals surface area (Å²) in [5.41, 5.74) is 4.39. The van der Waals surface area contributed by atoms with Crippen molar-refractivity contribution in [3.8, 4) is 11.3 Å². The van der Waals surface area contributed by atoms with E-state index in [1.807, 2.05) is 36.4 Å². The zero-order valence-electron chi connectivity index (χ0n) is 19.7. The molecule has 4 rings (SSSR count). The van der Waals surface area contributed by atoms with Crippen molar-refractivity contribution in [3.63, 3.8) is 0 Å². The number of anilines is 2. The summed E-state index contributed by atoms with van der Waals surface area (Å²) in [7, 11) is -3.42. The molecule has 0 spiro atoms. The van der Waals surface area contributed by atoms with Gasteiger partial charge in [-0.1, -0.05) is 41.9 Å². The molecule has 1 heterocycles. The summed E-state index contributed by atoms with van der Waals surface area (Å²) in [4.78, 5) is 20.2. The van der Waals surface area contributed by atoms with Crippen LogP contribution in [0.4, 0.5) is 11.4 Å². The predicted octanol–water partition coefficient (Wildman–Crippen LogP) is 6.06. The summed E-state index contributed by atoms with van der Waals surface area (Å²) in [6.07, 6.45) is 1.09. The molecule has 8 heteroatoms. The molecule has 0 aliphatic carbocycles. The second-order valence-electron chi connectivity index (χ2n) is 8.17. The van der Waals surface area contributed by atoms with Gasteiger partial charge in [0.1, 0.15) is 0 Å². The van der Waals surface area contributed by atoms with E-state index in [-0.39, 0.29) is 15.5 Å². The number of carbonyl (C=O) groups is 1. The van der Waals surface area contributed by atoms with E-state index >= 15 is 0 Å². The molecule has 0 atom stereocenters. The van der Waals surface area contributed by atoms with Crippen LogP contribution >= 0.6 is 11.6 Å². The number of fused-ring (bicyclic) bond motifs is 1. The highest BCUT2D eigenvalue weighted by molar-refractivity contribution is 7.90. The Balaban J connectivity index is 1.71. The molecule has 0 saturated carbocycles. The second-order valence-corrected chi connectivity index (χ2v) is 10.6. The molecule has 1 N–H and O–H groups in total. The highest BCUT2D eigenvalue weighted by Gasteiger charge is 2.17. The van der Waals surface area contributed by atoms with Crippen molar-refractivity contribution in [3.05, 3.63) is 83.4 Å². The van der Waals surface area contributed by atoms with E-state index in [4.69, 9.17) is 16.6 Å². The van der Waals surface area contributed by atoms with E-state index in [1.165, 1.54) is 18.2 Å². The molecule has 1 aromatic heterocycles. The Bertz CT molecular complexity index is 1520. The lowest BCUT2D eigenvalue weighted by molar-refractivity contribution is 0.102. The Labute approximate surface area is 210 Å². The van der Waals surface area contributed by atoms with Gasteiger partial charge in [-0.2, -0.15) is 0 Å². The van der Waals surface area contributed by atoms with Crippen LogP contribution in [0.25, 0.3) is 22.2 Å². The zero-order chi connectivity index (χ0) is 25.2. The predicted molar refractivity (Wildman–Crippen MR) is 143 cm³/mol. The van der Waals surface area contributed by atoms with Gasteiger partial charge in [0.25, 0.3) is 5.91 Å². The van der Waals surface area contributed by atoms with Crippen molar-refractivity contribution in [1.29, 1.82) is 0 Å². The van der Waals surface area contributed by atoms with Crippen molar-refractivity contribution in [2.75, 3.05) is 29.6 Å². The average molecular weight is 508 g/mol. The van der Waals surface area contributed by atoms with Gasteiger partial charge >= 0.3 is 0 Å². The molecule has 0 radical (unpaired) electrons. The third kappa shape index (κ3) is 5.31. The summed E-state index contributed by atoms with van der Waals surface area (Å²) in [6, 6.07) is 21.7. The SMILES string of the molecule is CCN(CC)c1cc2ccccc2nc1-c1cccc(NC(=O)c2ccc(S(C)(=O)=O)cc2Cl)c1. The topological polar surface area (TPSA) is 79.4 Å². The second kappa shape index (κ2) is 10.1. The fourth-order valence-corrected chi connectivity index (χ4v) is 4.95. The molecular formula is C27H26ClN3O3S. The standard InChI is InChI=1S/C27H26ClN3O3S/c1-4-31(5-2)25-16-18-9-6-7-12-24(18)30-26(25)19-10-8-11-20(15-19)29-27(32)22-14-13-21(17-23(22)28)35(3,33)34/h6-17H,4-5H2,1-3H3,(H,29,32). The minimum Gasteiger partial charge on any atom is -0.370 e. The molecule has 6 nitrogen and oxygen atoms in total. The summed E-state index contributed by atoms with van der Waals surface area (Å²) in [5, 5.41) is 4.00. The lowest BCUT2D eigenvalue weighted by atomic mass is 10.1. The molecule has 35 heavy (non-hydrogen) atoms. The number of hydrogen-bond donors (Lipinski definition) is 1. The van der Waals surface area contributed by atoms with Crippen LogP contribution in [0.5, 0.6) is 0 Å². The van der Waals surface area contributed by atoms with Crippen LogP contribution in [0.1, 0.15) is 24.2 Å². The fraction of sp³-hybridized carbons (Fsp3) is 0.185. The van der Waals surface area contributed by atoms with Crippen molar-refractivity contribution in [1.82, 2.24) is 4.98 Å². The lowest BCUT2D eigenvalue weighted by Gasteiger charge is -2.24. The molecular weight excluding hydrogens is 482 g/mol. The molecule has 4 aromatic rings. The molecule has 0 unspecified atom stereocenters. The molecule has 0 bridgehead atoms. The molecule has 0 aliphatic rings. The first kappa shape index (κ1) is 24.7. The van der Waals surface area contributed by atoms with Gasteiger partial charge in [-0.3, -0.25) is 4.79 Å². The average Bonchev–Trinajstić information content (AvgIpc) is 2.84. The molecule has 3 aromatic carbocycles. The number of carbonyl (C=O) groups excluding carboxylic acids is 1. The molecule has 180 valence electrons. The maximum atomic E-state index is 12.9. The number of rotatable bonds is 7. The number of amides is 1. The first-order chi connectivity index (χ1) is 16.7. The molecule has 1 amide bonds. The van der Waals surface area contributed by atoms with Gasteiger partial charge in [-0.25, -0.2) is 13.4 Å². The smallest absolute Gasteiger partial charge is 0.257 e. The van der Waals surface area contributed by atoms with Crippen molar-refractivity contribution in [2.24, 2.45) is 0 Å². The number of aromatic nitrogens is 1. The Morgan fingerprint density at radius 1 is 0.971 bits per heavy atom. The summed E-state index contributed by atoms with van der Waals surface area (Å²) >= 11 is 6.23. The van der Waals surface area contributed by atoms with Crippen LogP contribution < -0.4 is 10.2 Å². The third-order valence-electron chi connectivity index (χ3n) is 5.82. The minimum atomic E-state index is -3.42. The maximum Gasteiger partial charge on any atom is 0.257 e. The van der Waals surface area contributed by atoms with Crippen LogP contribution in [0.15, 0.2) is 77.7 Å². The van der Waals surface area contributed by atoms with Crippen LogP contribution in [0.2, 0.25) is 5.02 Å². The van der Waals surface area contributed by atoms with Crippen molar-refractivity contribution < 1.29 is 13.2 Å². The van der Waals surface area contributed by atoms with Crippen LogP contribution in [0, 0.1) is 0 Å². The van der Waals surface area contributed by atoms with E-state index in [0.717, 1.165) is 47.2 Å². The van der Waals surface area contributed by atoms with Gasteiger partial charge in [0, 0.05) is 36.0 Å². The number of pyridine rings is 1. The normalized spacial score (nSPS) is 11.4. The van der Waals surface area contributed by atoms with Gasteiger partial charge in [-0.15, -0.1) is 0 Å². The number of hydrogen-bond acceptors (Lipinski definition) is 5. The number of halogens is 1. The van der Waals surface area contributed by atoms with Gasteiger partial charge < -0.3 is 10.2 Å². The highest BCUT2D eigenvalue weighted by Crippen LogP contribution is 2.34. The number of nitrogens with zero attached hydrogens (tertiary/aromatic N) is 2. The van der Waals surface area contributed by atoms with Gasteiger partial charge in [-0.05, 0) is 56.3 Å². The van der Waals surface area contributed by atoms with Crippen LogP contribution in [-0.4, -0.2) is 38.7 Å². The van der Waals surface area contributed by atoms with Gasteiger partial charge in [0.05, 0.1) is 32.4 Å².